The summed E-state index contributed by atoms with van der Waals surface area (Å²) in [5.74, 6) is 0.833. The SMILES string of the molecule is CC1CCCN(CCc2ncc(-c3nnc(N)s3)s2)C1. The van der Waals surface area contributed by atoms with Crippen LogP contribution in [0.1, 0.15) is 24.8 Å². The summed E-state index contributed by atoms with van der Waals surface area (Å²) in [4.78, 5) is 8.12. The van der Waals surface area contributed by atoms with Crippen molar-refractivity contribution in [3.8, 4) is 9.88 Å². The molecule has 3 heterocycles. The van der Waals surface area contributed by atoms with Gasteiger partial charge in [0.2, 0.25) is 5.13 Å². The van der Waals surface area contributed by atoms with Crippen LogP contribution in [0, 0.1) is 5.92 Å². The molecule has 3 rings (SSSR count). The molecular weight excluding hydrogens is 290 g/mol. The van der Waals surface area contributed by atoms with Crippen LogP contribution >= 0.6 is 22.7 Å². The minimum Gasteiger partial charge on any atom is -0.374 e. The fourth-order valence-corrected chi connectivity index (χ4v) is 4.15. The summed E-state index contributed by atoms with van der Waals surface area (Å²) in [6.45, 7) is 5.91. The van der Waals surface area contributed by atoms with Gasteiger partial charge in [0.1, 0.15) is 0 Å². The third-order valence-corrected chi connectivity index (χ3v) is 5.57. The molecule has 20 heavy (non-hydrogen) atoms. The summed E-state index contributed by atoms with van der Waals surface area (Å²) >= 11 is 3.12. The Labute approximate surface area is 126 Å². The Morgan fingerprint density at radius 1 is 1.40 bits per heavy atom. The number of nitrogen functional groups attached to an aromatic ring is 1. The summed E-state index contributed by atoms with van der Waals surface area (Å²) < 4.78 is 0. The first-order valence-electron chi connectivity index (χ1n) is 6.97. The summed E-state index contributed by atoms with van der Waals surface area (Å²) in [7, 11) is 0. The third-order valence-electron chi connectivity index (χ3n) is 3.59. The fourth-order valence-electron chi connectivity index (χ4n) is 2.60. The van der Waals surface area contributed by atoms with E-state index in [1.807, 2.05) is 6.20 Å². The minimum atomic E-state index is 0.511. The lowest BCUT2D eigenvalue weighted by Crippen LogP contribution is -2.35. The van der Waals surface area contributed by atoms with Gasteiger partial charge in [0.15, 0.2) is 5.01 Å². The van der Waals surface area contributed by atoms with Crippen molar-refractivity contribution in [2.45, 2.75) is 26.2 Å². The van der Waals surface area contributed by atoms with E-state index in [1.54, 1.807) is 11.3 Å². The van der Waals surface area contributed by atoms with Gasteiger partial charge in [-0.25, -0.2) is 4.98 Å². The van der Waals surface area contributed by atoms with Crippen LogP contribution in [0.4, 0.5) is 5.13 Å². The standard InChI is InChI=1S/C13H19N5S2/c1-9-3-2-5-18(8-9)6-4-11-15-7-10(19-11)12-16-17-13(14)20-12/h7,9H,2-6,8H2,1H3,(H2,14,17). The number of piperidine rings is 1. The molecule has 1 aliphatic heterocycles. The van der Waals surface area contributed by atoms with Crippen LogP contribution in [0.3, 0.4) is 0 Å². The maximum absolute atomic E-state index is 5.61. The van der Waals surface area contributed by atoms with Crippen molar-refractivity contribution >= 4 is 27.8 Å². The smallest absolute Gasteiger partial charge is 0.203 e. The van der Waals surface area contributed by atoms with Crippen LogP contribution < -0.4 is 5.73 Å². The van der Waals surface area contributed by atoms with Gasteiger partial charge >= 0.3 is 0 Å². The van der Waals surface area contributed by atoms with Crippen LogP contribution in [-0.2, 0) is 6.42 Å². The van der Waals surface area contributed by atoms with Gasteiger partial charge in [-0.3, -0.25) is 0 Å². The monoisotopic (exact) mass is 309 g/mol. The highest BCUT2D eigenvalue weighted by molar-refractivity contribution is 7.23. The first-order chi connectivity index (χ1) is 9.70. The molecule has 1 aliphatic rings. The van der Waals surface area contributed by atoms with Crippen molar-refractivity contribution in [1.82, 2.24) is 20.1 Å². The Bertz CT molecular complexity index is 565. The lowest BCUT2D eigenvalue weighted by atomic mass is 10.0. The van der Waals surface area contributed by atoms with Crippen LogP contribution in [0.2, 0.25) is 0 Å². The van der Waals surface area contributed by atoms with E-state index >= 15 is 0 Å². The van der Waals surface area contributed by atoms with Crippen LogP contribution in [-0.4, -0.2) is 39.7 Å². The zero-order chi connectivity index (χ0) is 13.9. The number of rotatable bonds is 4. The molecular formula is C13H19N5S2. The van der Waals surface area contributed by atoms with E-state index in [1.165, 1.54) is 42.3 Å². The van der Waals surface area contributed by atoms with Crippen molar-refractivity contribution in [3.05, 3.63) is 11.2 Å². The van der Waals surface area contributed by atoms with Gasteiger partial charge in [0, 0.05) is 25.7 Å². The quantitative estimate of drug-likeness (QED) is 0.940. The van der Waals surface area contributed by atoms with Crippen molar-refractivity contribution in [2.75, 3.05) is 25.4 Å². The highest BCUT2D eigenvalue weighted by Crippen LogP contribution is 2.29. The number of thiazole rings is 1. The second-order valence-electron chi connectivity index (χ2n) is 5.36. The molecule has 0 aliphatic carbocycles. The molecule has 2 aromatic rings. The molecule has 0 amide bonds. The van der Waals surface area contributed by atoms with E-state index in [-0.39, 0.29) is 0 Å². The van der Waals surface area contributed by atoms with Crippen molar-refractivity contribution in [3.63, 3.8) is 0 Å². The van der Waals surface area contributed by atoms with Gasteiger partial charge in [-0.05, 0) is 25.3 Å². The van der Waals surface area contributed by atoms with Gasteiger partial charge in [-0.2, -0.15) is 0 Å². The number of hydrogen-bond acceptors (Lipinski definition) is 7. The van der Waals surface area contributed by atoms with E-state index in [0.717, 1.165) is 28.8 Å². The van der Waals surface area contributed by atoms with Crippen LogP contribution in [0.25, 0.3) is 9.88 Å². The Morgan fingerprint density at radius 2 is 2.30 bits per heavy atom. The summed E-state index contributed by atoms with van der Waals surface area (Å²) in [5.41, 5.74) is 5.61. The maximum Gasteiger partial charge on any atom is 0.203 e. The molecule has 0 spiro atoms. The van der Waals surface area contributed by atoms with Crippen molar-refractivity contribution < 1.29 is 0 Å². The number of hydrogen-bond donors (Lipinski definition) is 1. The van der Waals surface area contributed by atoms with Gasteiger partial charge in [0.05, 0.1) is 9.88 Å². The van der Waals surface area contributed by atoms with E-state index in [0.29, 0.717) is 5.13 Å². The first-order valence-corrected chi connectivity index (χ1v) is 8.60. The second kappa shape index (κ2) is 6.15. The zero-order valence-electron chi connectivity index (χ0n) is 11.6. The average Bonchev–Trinajstić information content (AvgIpc) is 3.05. The average molecular weight is 309 g/mol. The first kappa shape index (κ1) is 13.9. The van der Waals surface area contributed by atoms with E-state index in [2.05, 4.69) is 27.0 Å². The van der Waals surface area contributed by atoms with Crippen LogP contribution in [0.5, 0.6) is 0 Å². The highest BCUT2D eigenvalue weighted by Gasteiger charge is 2.16. The molecule has 1 saturated heterocycles. The number of nitrogens with two attached hydrogens (primary N) is 1. The molecule has 0 radical (unpaired) electrons. The summed E-state index contributed by atoms with van der Waals surface area (Å²) in [6, 6.07) is 0. The second-order valence-corrected chi connectivity index (χ2v) is 7.49. The number of aromatic nitrogens is 3. The van der Waals surface area contributed by atoms with Crippen LogP contribution in [0.15, 0.2) is 6.20 Å². The zero-order valence-corrected chi connectivity index (χ0v) is 13.2. The predicted octanol–water partition coefficient (Wildman–Crippen LogP) is 2.52. The summed E-state index contributed by atoms with van der Waals surface area (Å²) in [5, 5.41) is 10.5. The van der Waals surface area contributed by atoms with E-state index in [4.69, 9.17) is 5.73 Å². The Morgan fingerprint density at radius 3 is 3.05 bits per heavy atom. The molecule has 2 aromatic heterocycles. The summed E-state index contributed by atoms with van der Waals surface area (Å²) in [6.07, 6.45) is 5.61. The predicted molar refractivity (Wildman–Crippen MR) is 84.0 cm³/mol. The van der Waals surface area contributed by atoms with Gasteiger partial charge < -0.3 is 10.6 Å². The molecule has 1 unspecified atom stereocenters. The van der Waals surface area contributed by atoms with Gasteiger partial charge in [-0.1, -0.05) is 18.3 Å². The third kappa shape index (κ3) is 3.34. The topological polar surface area (TPSA) is 67.9 Å². The normalized spacial score (nSPS) is 20.4. The molecule has 5 nitrogen and oxygen atoms in total. The van der Waals surface area contributed by atoms with Crippen molar-refractivity contribution in [2.24, 2.45) is 5.92 Å². The number of nitrogens with zero attached hydrogens (tertiary/aromatic N) is 4. The van der Waals surface area contributed by atoms with Gasteiger partial charge in [0.25, 0.3) is 0 Å². The fraction of sp³-hybridized carbons (Fsp3) is 0.615. The van der Waals surface area contributed by atoms with Crippen molar-refractivity contribution in [1.29, 1.82) is 0 Å². The molecule has 0 aromatic carbocycles. The maximum atomic E-state index is 5.61. The molecule has 2 N–H and O–H groups in total. The molecule has 108 valence electrons. The lowest BCUT2D eigenvalue weighted by Gasteiger charge is -2.30. The van der Waals surface area contributed by atoms with E-state index < -0.39 is 0 Å². The molecule has 7 heteroatoms. The highest BCUT2D eigenvalue weighted by atomic mass is 32.1. The van der Waals surface area contributed by atoms with E-state index in [9.17, 15) is 0 Å². The molecule has 0 bridgehead atoms. The van der Waals surface area contributed by atoms with Gasteiger partial charge in [-0.15, -0.1) is 21.5 Å². The Balaban J connectivity index is 1.57. The minimum absolute atomic E-state index is 0.511. The molecule has 1 fully saturated rings. The number of anilines is 1. The lowest BCUT2D eigenvalue weighted by molar-refractivity contribution is 0.186. The molecule has 0 saturated carbocycles. The number of likely N-dealkylation sites (tertiary alicyclic amines) is 1. The molecule has 1 atom stereocenters. The Kier molecular flexibility index (Phi) is 4.28. The Hall–Kier alpha value is -1.05. The largest absolute Gasteiger partial charge is 0.374 e.